The lowest BCUT2D eigenvalue weighted by atomic mass is 10.1. The number of ether oxygens (including phenoxy) is 1. The fourth-order valence-corrected chi connectivity index (χ4v) is 1.97. The number of aromatic nitrogens is 2. The first kappa shape index (κ1) is 15.9. The summed E-state index contributed by atoms with van der Waals surface area (Å²) in [6.45, 7) is 0. The molecule has 0 amide bonds. The normalized spacial score (nSPS) is 10.9. The van der Waals surface area contributed by atoms with Crippen molar-refractivity contribution in [3.05, 3.63) is 53.4 Å². The number of benzene rings is 2. The SMILES string of the molecule is COc1ccc(-c2nnc(-c3c(F)c(F)c(F)c(F)c3F)o2)cc1. The number of halogens is 5. The third kappa shape index (κ3) is 2.47. The zero-order chi connectivity index (χ0) is 17.4. The van der Waals surface area contributed by atoms with E-state index in [0.29, 0.717) is 11.3 Å². The van der Waals surface area contributed by atoms with E-state index in [2.05, 4.69) is 10.2 Å². The van der Waals surface area contributed by atoms with E-state index >= 15 is 0 Å². The first-order chi connectivity index (χ1) is 11.4. The Balaban J connectivity index is 2.08. The maximum absolute atomic E-state index is 13.7. The molecule has 3 aromatic rings. The van der Waals surface area contributed by atoms with E-state index in [-0.39, 0.29) is 5.89 Å². The summed E-state index contributed by atoms with van der Waals surface area (Å²) in [5.74, 6) is -11.0. The highest BCUT2D eigenvalue weighted by atomic mass is 19.2. The van der Waals surface area contributed by atoms with Gasteiger partial charge in [0, 0.05) is 5.56 Å². The maximum atomic E-state index is 13.7. The van der Waals surface area contributed by atoms with Gasteiger partial charge in [-0.1, -0.05) is 0 Å². The molecule has 0 radical (unpaired) electrons. The average molecular weight is 342 g/mol. The molecule has 1 heterocycles. The molecule has 0 atom stereocenters. The summed E-state index contributed by atoms with van der Waals surface area (Å²) >= 11 is 0. The van der Waals surface area contributed by atoms with E-state index < -0.39 is 40.5 Å². The van der Waals surface area contributed by atoms with Crippen molar-refractivity contribution in [3.63, 3.8) is 0 Å². The second kappa shape index (κ2) is 5.91. The van der Waals surface area contributed by atoms with Crippen LogP contribution in [0.5, 0.6) is 5.75 Å². The Hall–Kier alpha value is -2.97. The summed E-state index contributed by atoms with van der Waals surface area (Å²) in [7, 11) is 1.46. The molecule has 3 rings (SSSR count). The molecule has 0 spiro atoms. The second-order valence-electron chi connectivity index (χ2n) is 4.59. The molecule has 2 aromatic carbocycles. The van der Waals surface area contributed by atoms with Crippen molar-refractivity contribution in [2.45, 2.75) is 0 Å². The van der Waals surface area contributed by atoms with Gasteiger partial charge in [0.05, 0.1) is 7.11 Å². The zero-order valence-corrected chi connectivity index (χ0v) is 11.9. The highest BCUT2D eigenvalue weighted by Crippen LogP contribution is 2.32. The number of hydrogen-bond donors (Lipinski definition) is 0. The summed E-state index contributed by atoms with van der Waals surface area (Å²) in [6, 6.07) is 6.18. The molecule has 0 unspecified atom stereocenters. The lowest BCUT2D eigenvalue weighted by Crippen LogP contribution is -2.04. The summed E-state index contributed by atoms with van der Waals surface area (Å²) in [6.07, 6.45) is 0. The summed E-state index contributed by atoms with van der Waals surface area (Å²) < 4.78 is 77.0. The van der Waals surface area contributed by atoms with Crippen LogP contribution in [0.2, 0.25) is 0 Å². The van der Waals surface area contributed by atoms with Crippen LogP contribution in [0.25, 0.3) is 22.9 Å². The van der Waals surface area contributed by atoms with E-state index in [1.165, 1.54) is 19.2 Å². The van der Waals surface area contributed by atoms with Gasteiger partial charge in [0.25, 0.3) is 5.89 Å². The van der Waals surface area contributed by atoms with E-state index in [9.17, 15) is 22.0 Å². The van der Waals surface area contributed by atoms with E-state index in [1.807, 2.05) is 0 Å². The van der Waals surface area contributed by atoms with Crippen LogP contribution in [-0.2, 0) is 0 Å². The summed E-state index contributed by atoms with van der Waals surface area (Å²) in [4.78, 5) is 0. The fraction of sp³-hybridized carbons (Fsp3) is 0.0667. The van der Waals surface area contributed by atoms with Crippen LogP contribution in [0, 0.1) is 29.1 Å². The number of nitrogens with zero attached hydrogens (tertiary/aromatic N) is 2. The highest BCUT2D eigenvalue weighted by molar-refractivity contribution is 5.60. The number of hydrogen-bond acceptors (Lipinski definition) is 4. The third-order valence-corrected chi connectivity index (χ3v) is 3.19. The summed E-state index contributed by atoms with van der Waals surface area (Å²) in [5, 5.41) is 6.91. The molecule has 0 saturated carbocycles. The van der Waals surface area contributed by atoms with Gasteiger partial charge >= 0.3 is 0 Å². The largest absolute Gasteiger partial charge is 0.497 e. The van der Waals surface area contributed by atoms with E-state index in [0.717, 1.165) is 0 Å². The number of rotatable bonds is 3. The van der Waals surface area contributed by atoms with Crippen LogP contribution in [0.4, 0.5) is 22.0 Å². The topological polar surface area (TPSA) is 48.2 Å². The Kier molecular flexibility index (Phi) is 3.92. The molecule has 4 nitrogen and oxygen atoms in total. The van der Waals surface area contributed by atoms with Crippen molar-refractivity contribution < 1.29 is 31.1 Å². The van der Waals surface area contributed by atoms with Crippen molar-refractivity contribution in [1.82, 2.24) is 10.2 Å². The third-order valence-electron chi connectivity index (χ3n) is 3.19. The van der Waals surface area contributed by atoms with Crippen molar-refractivity contribution in [3.8, 4) is 28.7 Å². The molecule has 0 aliphatic carbocycles. The Labute approximate surface area is 131 Å². The molecule has 1 aromatic heterocycles. The Morgan fingerprint density at radius 2 is 1.25 bits per heavy atom. The zero-order valence-electron chi connectivity index (χ0n) is 11.9. The van der Waals surface area contributed by atoms with Crippen LogP contribution in [0.1, 0.15) is 0 Å². The van der Waals surface area contributed by atoms with Gasteiger partial charge in [0.15, 0.2) is 23.3 Å². The molecule has 0 aliphatic heterocycles. The van der Waals surface area contributed by atoms with Gasteiger partial charge in [-0.05, 0) is 24.3 Å². The molecule has 0 bridgehead atoms. The maximum Gasteiger partial charge on any atom is 0.254 e. The van der Waals surface area contributed by atoms with Gasteiger partial charge in [-0.3, -0.25) is 0 Å². The predicted octanol–water partition coefficient (Wildman–Crippen LogP) is 4.11. The molecule has 124 valence electrons. The van der Waals surface area contributed by atoms with Crippen molar-refractivity contribution >= 4 is 0 Å². The minimum absolute atomic E-state index is 0.156. The lowest BCUT2D eigenvalue weighted by molar-refractivity contribution is 0.378. The van der Waals surface area contributed by atoms with Crippen LogP contribution in [-0.4, -0.2) is 17.3 Å². The number of methoxy groups -OCH3 is 1. The second-order valence-corrected chi connectivity index (χ2v) is 4.59. The van der Waals surface area contributed by atoms with Gasteiger partial charge in [-0.25, -0.2) is 22.0 Å². The smallest absolute Gasteiger partial charge is 0.254 e. The molecule has 0 aliphatic rings. The standard InChI is InChI=1S/C15H7F5N2O2/c1-23-7-4-2-6(3-5-7)14-21-22-15(24-14)8-9(16)11(18)13(20)12(19)10(8)17/h2-5H,1H3. The fourth-order valence-electron chi connectivity index (χ4n) is 1.97. The average Bonchev–Trinajstić information content (AvgIpc) is 3.08. The Morgan fingerprint density at radius 1 is 0.750 bits per heavy atom. The minimum Gasteiger partial charge on any atom is -0.497 e. The predicted molar refractivity (Wildman–Crippen MR) is 71.5 cm³/mol. The monoisotopic (exact) mass is 342 g/mol. The van der Waals surface area contributed by atoms with Crippen molar-refractivity contribution in [2.24, 2.45) is 0 Å². The highest BCUT2D eigenvalue weighted by Gasteiger charge is 2.29. The molecular weight excluding hydrogens is 335 g/mol. The molecular formula is C15H7F5N2O2. The van der Waals surface area contributed by atoms with Crippen LogP contribution in [0.15, 0.2) is 28.7 Å². The van der Waals surface area contributed by atoms with Crippen LogP contribution < -0.4 is 4.74 Å². The van der Waals surface area contributed by atoms with Crippen molar-refractivity contribution in [2.75, 3.05) is 7.11 Å². The van der Waals surface area contributed by atoms with Gasteiger partial charge in [0.1, 0.15) is 11.3 Å². The Bertz CT molecular complexity index is 880. The van der Waals surface area contributed by atoms with Crippen LogP contribution in [0.3, 0.4) is 0 Å². The minimum atomic E-state index is -2.26. The first-order valence-electron chi connectivity index (χ1n) is 6.43. The quantitative estimate of drug-likeness (QED) is 0.408. The van der Waals surface area contributed by atoms with Crippen molar-refractivity contribution in [1.29, 1.82) is 0 Å². The van der Waals surface area contributed by atoms with Gasteiger partial charge in [-0.15, -0.1) is 10.2 Å². The molecule has 0 N–H and O–H groups in total. The first-order valence-corrected chi connectivity index (χ1v) is 6.43. The Morgan fingerprint density at radius 3 is 1.79 bits per heavy atom. The van der Waals surface area contributed by atoms with E-state index in [4.69, 9.17) is 9.15 Å². The van der Waals surface area contributed by atoms with E-state index in [1.54, 1.807) is 12.1 Å². The lowest BCUT2D eigenvalue weighted by Gasteiger charge is -2.04. The molecule has 0 fully saturated rings. The van der Waals surface area contributed by atoms with Gasteiger partial charge < -0.3 is 9.15 Å². The summed E-state index contributed by atoms with van der Waals surface area (Å²) in [5.41, 5.74) is -0.905. The van der Waals surface area contributed by atoms with Crippen LogP contribution >= 0.6 is 0 Å². The molecule has 0 saturated heterocycles. The molecule has 24 heavy (non-hydrogen) atoms. The van der Waals surface area contributed by atoms with Gasteiger partial charge in [-0.2, -0.15) is 0 Å². The molecule has 9 heteroatoms. The van der Waals surface area contributed by atoms with Gasteiger partial charge in [0.2, 0.25) is 11.7 Å².